The van der Waals surface area contributed by atoms with Gasteiger partial charge in [0.05, 0.1) is 10.5 Å². The standard InChI is InChI=1S/C19H31N3O3S/c1-15(2)8-7-11-20-19(23)17-14-16(26(24,25)21(3)4)9-10-18(17)22-12-5-6-13-22/h9-10,14-15H,5-8,11-13H2,1-4H3,(H,20,23). The Hall–Kier alpha value is -1.60. The zero-order valence-electron chi connectivity index (χ0n) is 16.3. The number of nitrogens with zero attached hydrogens (tertiary/aromatic N) is 2. The molecule has 6 nitrogen and oxygen atoms in total. The Labute approximate surface area is 157 Å². The van der Waals surface area contributed by atoms with E-state index >= 15 is 0 Å². The highest BCUT2D eigenvalue weighted by Gasteiger charge is 2.24. The molecule has 26 heavy (non-hydrogen) atoms. The van der Waals surface area contributed by atoms with Crippen LogP contribution in [0.1, 0.15) is 49.9 Å². The van der Waals surface area contributed by atoms with E-state index in [1.54, 1.807) is 12.1 Å². The first-order valence-corrected chi connectivity index (χ1v) is 10.8. The molecule has 1 fully saturated rings. The third-order valence-corrected chi connectivity index (χ3v) is 6.49. The van der Waals surface area contributed by atoms with E-state index in [1.165, 1.54) is 24.5 Å². The van der Waals surface area contributed by atoms with Crippen molar-refractivity contribution in [1.29, 1.82) is 0 Å². The fourth-order valence-corrected chi connectivity index (χ4v) is 4.04. The molecule has 1 heterocycles. The van der Waals surface area contributed by atoms with Crippen molar-refractivity contribution < 1.29 is 13.2 Å². The van der Waals surface area contributed by atoms with Gasteiger partial charge in [-0.3, -0.25) is 4.79 Å². The quantitative estimate of drug-likeness (QED) is 0.703. The number of anilines is 1. The smallest absolute Gasteiger partial charge is 0.253 e. The summed E-state index contributed by atoms with van der Waals surface area (Å²) in [6.45, 7) is 6.70. The molecule has 0 saturated carbocycles. The molecule has 1 aliphatic rings. The van der Waals surface area contributed by atoms with E-state index in [0.717, 1.165) is 44.5 Å². The summed E-state index contributed by atoms with van der Waals surface area (Å²) in [5, 5.41) is 2.95. The van der Waals surface area contributed by atoms with Gasteiger partial charge in [-0.15, -0.1) is 0 Å². The molecule has 0 unspecified atom stereocenters. The van der Waals surface area contributed by atoms with Crippen molar-refractivity contribution in [1.82, 2.24) is 9.62 Å². The molecule has 7 heteroatoms. The molecule has 1 saturated heterocycles. The minimum Gasteiger partial charge on any atom is -0.371 e. The number of rotatable bonds is 8. The first kappa shape index (κ1) is 20.7. The second-order valence-corrected chi connectivity index (χ2v) is 9.60. The third kappa shape index (κ3) is 4.98. The molecule has 1 aliphatic heterocycles. The van der Waals surface area contributed by atoms with Gasteiger partial charge in [-0.05, 0) is 49.8 Å². The summed E-state index contributed by atoms with van der Waals surface area (Å²) in [6, 6.07) is 4.88. The number of amides is 1. The van der Waals surface area contributed by atoms with Gasteiger partial charge in [0.2, 0.25) is 10.0 Å². The van der Waals surface area contributed by atoms with E-state index < -0.39 is 10.0 Å². The lowest BCUT2D eigenvalue weighted by atomic mass is 10.1. The second-order valence-electron chi connectivity index (χ2n) is 7.45. The van der Waals surface area contributed by atoms with Gasteiger partial charge in [0.25, 0.3) is 5.91 Å². The van der Waals surface area contributed by atoms with Crippen LogP contribution >= 0.6 is 0 Å². The minimum atomic E-state index is -3.57. The maximum absolute atomic E-state index is 12.8. The third-order valence-electron chi connectivity index (χ3n) is 4.68. The van der Waals surface area contributed by atoms with Gasteiger partial charge >= 0.3 is 0 Å². The Balaban J connectivity index is 2.28. The van der Waals surface area contributed by atoms with Crippen molar-refractivity contribution in [2.45, 2.75) is 44.4 Å². The van der Waals surface area contributed by atoms with Gasteiger partial charge < -0.3 is 10.2 Å². The largest absolute Gasteiger partial charge is 0.371 e. The zero-order valence-corrected chi connectivity index (χ0v) is 17.1. The molecule has 146 valence electrons. The highest BCUT2D eigenvalue weighted by atomic mass is 32.2. The Kier molecular flexibility index (Phi) is 7.06. The first-order chi connectivity index (χ1) is 12.2. The van der Waals surface area contributed by atoms with Gasteiger partial charge in [-0.25, -0.2) is 12.7 Å². The van der Waals surface area contributed by atoms with Crippen molar-refractivity contribution >= 4 is 21.6 Å². The van der Waals surface area contributed by atoms with E-state index in [9.17, 15) is 13.2 Å². The molecule has 0 aliphatic carbocycles. The molecular weight excluding hydrogens is 350 g/mol. The molecule has 0 atom stereocenters. The van der Waals surface area contributed by atoms with E-state index in [0.29, 0.717) is 18.0 Å². The monoisotopic (exact) mass is 381 g/mol. The number of nitrogens with one attached hydrogen (secondary N) is 1. The lowest BCUT2D eigenvalue weighted by Crippen LogP contribution is -2.29. The van der Waals surface area contributed by atoms with Crippen LogP contribution in [0.5, 0.6) is 0 Å². The van der Waals surface area contributed by atoms with Crippen LogP contribution in [0.25, 0.3) is 0 Å². The molecule has 1 aromatic carbocycles. The van der Waals surface area contributed by atoms with Crippen molar-refractivity contribution in [2.75, 3.05) is 38.6 Å². The number of benzene rings is 1. The summed E-state index contributed by atoms with van der Waals surface area (Å²) in [6.07, 6.45) is 4.15. The normalized spacial score (nSPS) is 15.1. The van der Waals surface area contributed by atoms with Gasteiger partial charge in [0.1, 0.15) is 0 Å². The molecule has 0 bridgehead atoms. The van der Waals surface area contributed by atoms with Crippen molar-refractivity contribution in [3.63, 3.8) is 0 Å². The minimum absolute atomic E-state index is 0.151. The average molecular weight is 382 g/mol. The number of carbonyl (C=O) groups excluding carboxylic acids is 1. The zero-order chi connectivity index (χ0) is 19.3. The second kappa shape index (κ2) is 8.86. The summed E-state index contributed by atoms with van der Waals surface area (Å²) in [4.78, 5) is 15.1. The lowest BCUT2D eigenvalue weighted by molar-refractivity contribution is 0.0953. The van der Waals surface area contributed by atoms with Crippen LogP contribution in [0.4, 0.5) is 5.69 Å². The van der Waals surface area contributed by atoms with Crippen LogP contribution in [-0.2, 0) is 10.0 Å². The summed E-state index contributed by atoms with van der Waals surface area (Å²) in [5.74, 6) is 0.395. The van der Waals surface area contributed by atoms with Gasteiger partial charge in [0.15, 0.2) is 0 Å². The van der Waals surface area contributed by atoms with E-state index in [2.05, 4.69) is 24.1 Å². The van der Waals surface area contributed by atoms with Gasteiger partial charge in [0, 0.05) is 39.4 Å². The Bertz CT molecular complexity index is 724. The Morgan fingerprint density at radius 2 is 1.88 bits per heavy atom. The molecule has 1 N–H and O–H groups in total. The van der Waals surface area contributed by atoms with E-state index in [-0.39, 0.29) is 10.8 Å². The number of hydrogen-bond acceptors (Lipinski definition) is 4. The molecule has 0 radical (unpaired) electrons. The predicted octanol–water partition coefficient (Wildman–Crippen LogP) is 2.70. The van der Waals surface area contributed by atoms with Gasteiger partial charge in [-0.2, -0.15) is 0 Å². The van der Waals surface area contributed by atoms with Gasteiger partial charge in [-0.1, -0.05) is 13.8 Å². The fourth-order valence-electron chi connectivity index (χ4n) is 3.11. The molecule has 1 aromatic rings. The molecular formula is C19H31N3O3S. The SMILES string of the molecule is CC(C)CCCNC(=O)c1cc(S(=O)(=O)N(C)C)ccc1N1CCCC1. The number of hydrogen-bond donors (Lipinski definition) is 1. The van der Waals surface area contributed by atoms with Crippen LogP contribution in [0.2, 0.25) is 0 Å². The predicted molar refractivity (Wildman–Crippen MR) is 105 cm³/mol. The molecule has 2 rings (SSSR count). The summed E-state index contributed by atoms with van der Waals surface area (Å²) < 4.78 is 26.1. The first-order valence-electron chi connectivity index (χ1n) is 9.33. The maximum atomic E-state index is 12.8. The highest BCUT2D eigenvalue weighted by Crippen LogP contribution is 2.28. The van der Waals surface area contributed by atoms with Crippen LogP contribution in [-0.4, -0.2) is 52.4 Å². The fraction of sp³-hybridized carbons (Fsp3) is 0.632. The topological polar surface area (TPSA) is 69.7 Å². The Morgan fingerprint density at radius 1 is 1.23 bits per heavy atom. The number of carbonyl (C=O) groups is 1. The van der Waals surface area contributed by atoms with Crippen molar-refractivity contribution in [2.24, 2.45) is 5.92 Å². The van der Waals surface area contributed by atoms with Crippen molar-refractivity contribution in [3.05, 3.63) is 23.8 Å². The molecule has 1 amide bonds. The lowest BCUT2D eigenvalue weighted by Gasteiger charge is -2.22. The summed E-state index contributed by atoms with van der Waals surface area (Å²) in [5.41, 5.74) is 1.26. The number of sulfonamides is 1. The van der Waals surface area contributed by atoms with E-state index in [1.807, 2.05) is 0 Å². The van der Waals surface area contributed by atoms with Crippen LogP contribution in [0, 0.1) is 5.92 Å². The van der Waals surface area contributed by atoms with Crippen LogP contribution in [0.3, 0.4) is 0 Å². The summed E-state index contributed by atoms with van der Waals surface area (Å²) >= 11 is 0. The average Bonchev–Trinajstić information content (AvgIpc) is 3.12. The van der Waals surface area contributed by atoms with Crippen molar-refractivity contribution in [3.8, 4) is 0 Å². The maximum Gasteiger partial charge on any atom is 0.253 e. The van der Waals surface area contributed by atoms with E-state index in [4.69, 9.17) is 0 Å². The Morgan fingerprint density at radius 3 is 2.46 bits per heavy atom. The highest BCUT2D eigenvalue weighted by molar-refractivity contribution is 7.89. The van der Waals surface area contributed by atoms with Crippen LogP contribution < -0.4 is 10.2 Å². The molecule has 0 aromatic heterocycles. The van der Waals surface area contributed by atoms with Crippen LogP contribution in [0.15, 0.2) is 23.1 Å². The summed E-state index contributed by atoms with van der Waals surface area (Å²) in [7, 11) is -0.584. The molecule has 0 spiro atoms.